The van der Waals surface area contributed by atoms with E-state index in [9.17, 15) is 18.0 Å². The highest BCUT2D eigenvalue weighted by molar-refractivity contribution is 7.92. The van der Waals surface area contributed by atoms with Crippen molar-refractivity contribution in [2.75, 3.05) is 18.0 Å². The Balaban J connectivity index is 2.10. The fraction of sp³-hybridized carbons (Fsp3) is 0.333. The largest absolute Gasteiger partial charge is 0.497 e. The normalized spacial score (nSPS) is 12.1. The molecular weight excluding hydrogens is 585 g/mol. The van der Waals surface area contributed by atoms with Crippen LogP contribution in [0, 0.1) is 6.92 Å². The topological polar surface area (TPSA) is 96.0 Å². The number of hydrogen-bond acceptors (Lipinski definition) is 5. The lowest BCUT2D eigenvalue weighted by molar-refractivity contribution is -0.140. The molecule has 0 aliphatic heterocycles. The molecule has 0 bridgehead atoms. The van der Waals surface area contributed by atoms with Crippen molar-refractivity contribution in [2.24, 2.45) is 0 Å². The molecule has 0 saturated heterocycles. The van der Waals surface area contributed by atoms with Crippen molar-refractivity contribution < 1.29 is 22.7 Å². The number of nitrogens with one attached hydrogen (secondary N) is 1. The average molecular weight is 621 g/mol. The molecule has 1 atom stereocenters. The maximum absolute atomic E-state index is 14.1. The molecule has 11 heteroatoms. The number of ether oxygens (including phenoxy) is 1. The van der Waals surface area contributed by atoms with Gasteiger partial charge in [-0.2, -0.15) is 0 Å². The van der Waals surface area contributed by atoms with E-state index in [2.05, 4.69) is 5.32 Å². The van der Waals surface area contributed by atoms with Gasteiger partial charge in [-0.25, -0.2) is 8.42 Å². The average Bonchev–Trinajstić information content (AvgIpc) is 2.93. The molecule has 2 amide bonds. The summed E-state index contributed by atoms with van der Waals surface area (Å²) in [7, 11) is -2.71. The minimum atomic E-state index is -4.27. The van der Waals surface area contributed by atoms with E-state index in [4.69, 9.17) is 27.9 Å². The number of halogens is 2. The molecule has 0 saturated carbocycles. The lowest BCUT2D eigenvalue weighted by Gasteiger charge is -2.33. The van der Waals surface area contributed by atoms with E-state index in [-0.39, 0.29) is 39.1 Å². The molecule has 8 nitrogen and oxygen atoms in total. The van der Waals surface area contributed by atoms with Gasteiger partial charge in [-0.1, -0.05) is 60.0 Å². The molecule has 0 radical (unpaired) electrons. The van der Waals surface area contributed by atoms with Crippen LogP contribution < -0.4 is 14.4 Å². The molecule has 3 rings (SSSR count). The number of rotatable bonds is 12. The van der Waals surface area contributed by atoms with Crippen molar-refractivity contribution in [1.82, 2.24) is 10.2 Å². The van der Waals surface area contributed by atoms with Gasteiger partial charge in [0.05, 0.1) is 22.7 Å². The number of aryl methyl sites for hydroxylation is 1. The zero-order valence-electron chi connectivity index (χ0n) is 23.7. The Bertz CT molecular complexity index is 1460. The van der Waals surface area contributed by atoms with Crippen LogP contribution in [-0.2, 0) is 26.2 Å². The van der Waals surface area contributed by atoms with E-state index in [1.807, 2.05) is 20.8 Å². The van der Waals surface area contributed by atoms with Crippen molar-refractivity contribution in [3.8, 4) is 5.75 Å². The summed E-state index contributed by atoms with van der Waals surface area (Å²) in [5.74, 6) is -0.279. The second kappa shape index (κ2) is 14.1. The predicted molar refractivity (Wildman–Crippen MR) is 163 cm³/mol. The van der Waals surface area contributed by atoms with Gasteiger partial charge in [0.1, 0.15) is 18.3 Å². The minimum absolute atomic E-state index is 0.0155. The summed E-state index contributed by atoms with van der Waals surface area (Å²) in [6, 6.07) is 16.8. The summed E-state index contributed by atoms with van der Waals surface area (Å²) in [5.41, 5.74) is 1.67. The number of amides is 2. The molecule has 0 fully saturated rings. The second-order valence-corrected chi connectivity index (χ2v) is 12.6. The van der Waals surface area contributed by atoms with Gasteiger partial charge in [-0.15, -0.1) is 0 Å². The summed E-state index contributed by atoms with van der Waals surface area (Å²) in [6.45, 7) is 6.75. The van der Waals surface area contributed by atoms with Crippen LogP contribution in [0.1, 0.15) is 38.3 Å². The second-order valence-electron chi connectivity index (χ2n) is 9.88. The first-order valence-corrected chi connectivity index (χ1v) is 15.3. The molecule has 3 aromatic rings. The Morgan fingerprint density at radius 3 is 2.17 bits per heavy atom. The molecule has 220 valence electrons. The molecule has 0 heterocycles. The van der Waals surface area contributed by atoms with Crippen molar-refractivity contribution >= 4 is 50.7 Å². The van der Waals surface area contributed by atoms with Gasteiger partial charge in [0, 0.05) is 17.6 Å². The van der Waals surface area contributed by atoms with Gasteiger partial charge < -0.3 is 15.0 Å². The highest BCUT2D eigenvalue weighted by atomic mass is 35.5. The summed E-state index contributed by atoms with van der Waals surface area (Å²) in [6.07, 6.45) is 0.309. The summed E-state index contributed by atoms with van der Waals surface area (Å²) < 4.78 is 34.1. The lowest BCUT2D eigenvalue weighted by Crippen LogP contribution is -2.53. The first-order valence-electron chi connectivity index (χ1n) is 13.1. The zero-order chi connectivity index (χ0) is 30.3. The van der Waals surface area contributed by atoms with E-state index in [0.29, 0.717) is 12.2 Å². The first-order chi connectivity index (χ1) is 19.4. The number of anilines is 1. The standard InChI is InChI=1S/C30H35Cl2N3O5S/c1-6-27(30(37)33-20(2)3)34(18-22-9-12-24(40-5)13-10-22)29(36)19-35(28-17-23(31)11-16-26(28)32)41(38,39)25-14-7-21(4)8-15-25/h7-17,20,27H,6,18-19H2,1-5H3,(H,33,37)/t27-/m0/s1. The third-order valence-corrected chi connectivity index (χ3v) is 8.72. The molecular formula is C30H35Cl2N3O5S. The van der Waals surface area contributed by atoms with Crippen LogP contribution in [0.2, 0.25) is 10.0 Å². The maximum Gasteiger partial charge on any atom is 0.264 e. The van der Waals surface area contributed by atoms with Crippen LogP contribution >= 0.6 is 23.2 Å². The van der Waals surface area contributed by atoms with Gasteiger partial charge in [-0.3, -0.25) is 13.9 Å². The third kappa shape index (κ3) is 8.15. The predicted octanol–water partition coefficient (Wildman–Crippen LogP) is 5.84. The smallest absolute Gasteiger partial charge is 0.264 e. The van der Waals surface area contributed by atoms with Gasteiger partial charge in [0.25, 0.3) is 10.0 Å². The van der Waals surface area contributed by atoms with E-state index in [0.717, 1.165) is 15.4 Å². The van der Waals surface area contributed by atoms with Crippen molar-refractivity contribution in [1.29, 1.82) is 0 Å². The number of sulfonamides is 1. The van der Waals surface area contributed by atoms with Crippen molar-refractivity contribution in [2.45, 2.75) is 57.6 Å². The van der Waals surface area contributed by atoms with Gasteiger partial charge in [0.15, 0.2) is 0 Å². The molecule has 0 aromatic heterocycles. The summed E-state index contributed by atoms with van der Waals surface area (Å²) in [5, 5.41) is 3.22. The minimum Gasteiger partial charge on any atom is -0.497 e. The van der Waals surface area contributed by atoms with Crippen molar-refractivity contribution in [3.05, 3.63) is 87.9 Å². The Morgan fingerprint density at radius 2 is 1.61 bits per heavy atom. The number of methoxy groups -OCH3 is 1. The lowest BCUT2D eigenvalue weighted by atomic mass is 10.1. The van der Waals surface area contributed by atoms with E-state index in [1.165, 1.54) is 35.2 Å². The number of hydrogen-bond donors (Lipinski definition) is 1. The van der Waals surface area contributed by atoms with E-state index in [1.54, 1.807) is 50.4 Å². The van der Waals surface area contributed by atoms with Crippen LogP contribution in [0.4, 0.5) is 5.69 Å². The number of carbonyl (C=O) groups is 2. The van der Waals surface area contributed by atoms with Crippen LogP contribution in [0.15, 0.2) is 71.6 Å². The molecule has 0 spiro atoms. The Kier molecular flexibility index (Phi) is 11.1. The van der Waals surface area contributed by atoms with Crippen LogP contribution in [0.25, 0.3) is 0 Å². The monoisotopic (exact) mass is 619 g/mol. The highest BCUT2D eigenvalue weighted by Crippen LogP contribution is 2.33. The van der Waals surface area contributed by atoms with Gasteiger partial charge in [0.2, 0.25) is 11.8 Å². The highest BCUT2D eigenvalue weighted by Gasteiger charge is 2.34. The zero-order valence-corrected chi connectivity index (χ0v) is 26.1. The number of nitrogens with zero attached hydrogens (tertiary/aromatic N) is 2. The Morgan fingerprint density at radius 1 is 0.976 bits per heavy atom. The Labute approximate surface area is 252 Å². The third-order valence-electron chi connectivity index (χ3n) is 6.39. The fourth-order valence-corrected chi connectivity index (χ4v) is 6.12. The molecule has 1 N–H and O–H groups in total. The molecule has 0 aliphatic carbocycles. The SMILES string of the molecule is CC[C@@H](C(=O)NC(C)C)N(Cc1ccc(OC)cc1)C(=O)CN(c1cc(Cl)ccc1Cl)S(=O)(=O)c1ccc(C)cc1. The maximum atomic E-state index is 14.1. The van der Waals surface area contributed by atoms with Gasteiger partial charge in [-0.05, 0) is 75.2 Å². The molecule has 41 heavy (non-hydrogen) atoms. The van der Waals surface area contributed by atoms with E-state index >= 15 is 0 Å². The summed E-state index contributed by atoms with van der Waals surface area (Å²) in [4.78, 5) is 28.7. The van der Waals surface area contributed by atoms with Crippen LogP contribution in [0.3, 0.4) is 0 Å². The van der Waals surface area contributed by atoms with Gasteiger partial charge >= 0.3 is 0 Å². The quantitative estimate of drug-likeness (QED) is 0.275. The van der Waals surface area contributed by atoms with Crippen LogP contribution in [0.5, 0.6) is 5.75 Å². The number of benzene rings is 3. The Hall–Kier alpha value is -3.27. The molecule has 0 unspecified atom stereocenters. The van der Waals surface area contributed by atoms with E-state index < -0.39 is 28.5 Å². The molecule has 3 aromatic carbocycles. The molecule has 0 aliphatic rings. The van der Waals surface area contributed by atoms with Crippen LogP contribution in [-0.4, -0.2) is 50.9 Å². The number of carbonyl (C=O) groups excluding carboxylic acids is 2. The fourth-order valence-electron chi connectivity index (χ4n) is 4.26. The first kappa shape index (κ1) is 32.2. The van der Waals surface area contributed by atoms with Crippen molar-refractivity contribution in [3.63, 3.8) is 0 Å². The summed E-state index contributed by atoms with van der Waals surface area (Å²) >= 11 is 12.7.